The number of benzene rings is 2. The number of pyridine rings is 1. The van der Waals surface area contributed by atoms with Gasteiger partial charge in [0.1, 0.15) is 11.6 Å². The Morgan fingerprint density at radius 1 is 1.13 bits per heavy atom. The van der Waals surface area contributed by atoms with Gasteiger partial charge in [0.15, 0.2) is 0 Å². The van der Waals surface area contributed by atoms with E-state index in [2.05, 4.69) is 15.6 Å². The standard InChI is InChI=1S/C24H25FN4O/c25-22-13-18(6-7-20(22)24(30)29-14-16-4-2-1-3-5-16)21-12-19(15-28-23(21)26)17-8-10-27-11-9-17/h1-7,12-13,15,17,27H,8-11,14H2,(H2,26,28)(H,29,30). The summed E-state index contributed by atoms with van der Waals surface area (Å²) in [5, 5.41) is 6.11. The Labute approximate surface area is 175 Å². The molecule has 154 valence electrons. The largest absolute Gasteiger partial charge is 0.383 e. The third-order valence-electron chi connectivity index (χ3n) is 5.57. The van der Waals surface area contributed by atoms with Crippen molar-refractivity contribution in [3.05, 3.63) is 83.3 Å². The van der Waals surface area contributed by atoms with E-state index in [1.165, 1.54) is 12.1 Å². The lowest BCUT2D eigenvalue weighted by Gasteiger charge is -2.23. The van der Waals surface area contributed by atoms with Crippen LogP contribution in [0.3, 0.4) is 0 Å². The molecule has 0 bridgehead atoms. The fourth-order valence-corrected chi connectivity index (χ4v) is 3.84. The molecule has 5 nitrogen and oxygen atoms in total. The molecule has 1 aliphatic heterocycles. The van der Waals surface area contributed by atoms with Crippen molar-refractivity contribution in [3.63, 3.8) is 0 Å². The monoisotopic (exact) mass is 404 g/mol. The van der Waals surface area contributed by atoms with Gasteiger partial charge in [0, 0.05) is 18.3 Å². The van der Waals surface area contributed by atoms with Crippen molar-refractivity contribution in [2.45, 2.75) is 25.3 Å². The zero-order chi connectivity index (χ0) is 20.9. The second kappa shape index (κ2) is 9.05. The number of amides is 1. The average Bonchev–Trinajstić information content (AvgIpc) is 2.79. The van der Waals surface area contributed by atoms with Gasteiger partial charge in [-0.1, -0.05) is 36.4 Å². The number of nitrogen functional groups attached to an aromatic ring is 1. The molecule has 2 heterocycles. The second-order valence-electron chi connectivity index (χ2n) is 7.59. The lowest BCUT2D eigenvalue weighted by molar-refractivity contribution is 0.0947. The van der Waals surface area contributed by atoms with Crippen LogP contribution in [0.4, 0.5) is 10.2 Å². The van der Waals surface area contributed by atoms with Crippen LogP contribution < -0.4 is 16.4 Å². The molecule has 1 amide bonds. The molecule has 0 atom stereocenters. The maximum Gasteiger partial charge on any atom is 0.254 e. The Hall–Kier alpha value is -3.25. The van der Waals surface area contributed by atoms with Crippen molar-refractivity contribution >= 4 is 11.7 Å². The summed E-state index contributed by atoms with van der Waals surface area (Å²) >= 11 is 0. The van der Waals surface area contributed by atoms with Crippen molar-refractivity contribution in [3.8, 4) is 11.1 Å². The number of nitrogens with one attached hydrogen (secondary N) is 2. The number of aromatic nitrogens is 1. The van der Waals surface area contributed by atoms with Gasteiger partial charge in [0.2, 0.25) is 0 Å². The predicted octanol–water partition coefficient (Wildman–Crippen LogP) is 3.87. The van der Waals surface area contributed by atoms with E-state index in [1.807, 2.05) is 42.6 Å². The van der Waals surface area contributed by atoms with Gasteiger partial charge in [-0.25, -0.2) is 9.37 Å². The number of rotatable bonds is 5. The highest BCUT2D eigenvalue weighted by atomic mass is 19.1. The summed E-state index contributed by atoms with van der Waals surface area (Å²) < 4.78 is 14.8. The highest BCUT2D eigenvalue weighted by Crippen LogP contribution is 2.32. The second-order valence-corrected chi connectivity index (χ2v) is 7.59. The Morgan fingerprint density at radius 2 is 1.90 bits per heavy atom. The first-order valence-electron chi connectivity index (χ1n) is 10.2. The maximum atomic E-state index is 14.8. The number of carbonyl (C=O) groups excluding carboxylic acids is 1. The zero-order valence-corrected chi connectivity index (χ0v) is 16.7. The summed E-state index contributed by atoms with van der Waals surface area (Å²) in [5.41, 5.74) is 9.48. The Morgan fingerprint density at radius 3 is 2.63 bits per heavy atom. The molecule has 0 saturated carbocycles. The molecular formula is C24H25FN4O. The molecule has 1 saturated heterocycles. The third kappa shape index (κ3) is 4.49. The minimum Gasteiger partial charge on any atom is -0.383 e. The van der Waals surface area contributed by atoms with Gasteiger partial charge < -0.3 is 16.4 Å². The molecule has 3 aromatic rings. The Balaban J connectivity index is 1.53. The van der Waals surface area contributed by atoms with E-state index in [9.17, 15) is 9.18 Å². The molecule has 0 aliphatic carbocycles. The number of anilines is 1. The number of piperidine rings is 1. The fraction of sp³-hybridized carbons (Fsp3) is 0.250. The van der Waals surface area contributed by atoms with Gasteiger partial charge in [0.05, 0.1) is 5.56 Å². The minimum absolute atomic E-state index is 0.00993. The van der Waals surface area contributed by atoms with E-state index in [1.54, 1.807) is 6.07 Å². The van der Waals surface area contributed by atoms with Gasteiger partial charge in [0.25, 0.3) is 5.91 Å². The van der Waals surface area contributed by atoms with Crippen molar-refractivity contribution in [2.75, 3.05) is 18.8 Å². The van der Waals surface area contributed by atoms with E-state index < -0.39 is 11.7 Å². The quantitative estimate of drug-likeness (QED) is 0.603. The molecule has 0 radical (unpaired) electrons. The Kier molecular flexibility index (Phi) is 6.05. The predicted molar refractivity (Wildman–Crippen MR) is 117 cm³/mol. The molecule has 1 aliphatic rings. The average molecular weight is 404 g/mol. The molecule has 4 N–H and O–H groups in total. The smallest absolute Gasteiger partial charge is 0.254 e. The van der Waals surface area contributed by atoms with Crippen molar-refractivity contribution in [1.82, 2.24) is 15.6 Å². The van der Waals surface area contributed by atoms with E-state index >= 15 is 0 Å². The van der Waals surface area contributed by atoms with Crippen LogP contribution in [0, 0.1) is 5.82 Å². The summed E-state index contributed by atoms with van der Waals surface area (Å²) in [5.74, 6) is -0.249. The van der Waals surface area contributed by atoms with Crippen LogP contribution in [-0.4, -0.2) is 24.0 Å². The van der Waals surface area contributed by atoms with E-state index in [0.717, 1.165) is 37.1 Å². The number of carbonyl (C=O) groups is 1. The molecule has 0 spiro atoms. The van der Waals surface area contributed by atoms with E-state index in [0.29, 0.717) is 29.4 Å². The van der Waals surface area contributed by atoms with Crippen LogP contribution in [0.15, 0.2) is 60.8 Å². The molecule has 4 rings (SSSR count). The molecule has 2 aromatic carbocycles. The number of hydrogen-bond donors (Lipinski definition) is 3. The van der Waals surface area contributed by atoms with E-state index in [-0.39, 0.29) is 5.56 Å². The maximum absolute atomic E-state index is 14.8. The lowest BCUT2D eigenvalue weighted by Crippen LogP contribution is -2.26. The normalized spacial score (nSPS) is 14.4. The highest BCUT2D eigenvalue weighted by Gasteiger charge is 2.18. The summed E-state index contributed by atoms with van der Waals surface area (Å²) in [7, 11) is 0. The zero-order valence-electron chi connectivity index (χ0n) is 16.7. The van der Waals surface area contributed by atoms with Crippen LogP contribution in [0.5, 0.6) is 0 Å². The first-order chi connectivity index (χ1) is 14.6. The van der Waals surface area contributed by atoms with Crippen LogP contribution in [0.25, 0.3) is 11.1 Å². The van der Waals surface area contributed by atoms with Crippen molar-refractivity contribution < 1.29 is 9.18 Å². The topological polar surface area (TPSA) is 80.0 Å². The molecule has 1 fully saturated rings. The molecule has 0 unspecified atom stereocenters. The lowest BCUT2D eigenvalue weighted by atomic mass is 9.89. The highest BCUT2D eigenvalue weighted by molar-refractivity contribution is 5.95. The molecule has 30 heavy (non-hydrogen) atoms. The van der Waals surface area contributed by atoms with E-state index in [4.69, 9.17) is 5.73 Å². The van der Waals surface area contributed by atoms with Crippen LogP contribution in [0.2, 0.25) is 0 Å². The number of nitrogens with zero attached hydrogens (tertiary/aromatic N) is 1. The van der Waals surface area contributed by atoms with Crippen molar-refractivity contribution in [2.24, 2.45) is 0 Å². The van der Waals surface area contributed by atoms with Gasteiger partial charge in [-0.3, -0.25) is 4.79 Å². The van der Waals surface area contributed by atoms with Crippen LogP contribution in [-0.2, 0) is 6.54 Å². The number of hydrogen-bond acceptors (Lipinski definition) is 4. The summed E-state index contributed by atoms with van der Waals surface area (Å²) in [4.78, 5) is 16.8. The van der Waals surface area contributed by atoms with Gasteiger partial charge in [-0.15, -0.1) is 0 Å². The first kappa shape index (κ1) is 20.0. The summed E-state index contributed by atoms with van der Waals surface area (Å²) in [6.07, 6.45) is 3.90. The van der Waals surface area contributed by atoms with Gasteiger partial charge in [-0.05, 0) is 66.7 Å². The summed E-state index contributed by atoms with van der Waals surface area (Å²) in [6, 6.07) is 16.1. The summed E-state index contributed by atoms with van der Waals surface area (Å²) in [6.45, 7) is 2.30. The molecule has 1 aromatic heterocycles. The van der Waals surface area contributed by atoms with Gasteiger partial charge >= 0.3 is 0 Å². The number of nitrogens with two attached hydrogens (primary N) is 1. The molecular weight excluding hydrogens is 379 g/mol. The number of halogens is 1. The van der Waals surface area contributed by atoms with Gasteiger partial charge in [-0.2, -0.15) is 0 Å². The Bertz CT molecular complexity index is 1030. The van der Waals surface area contributed by atoms with Crippen LogP contribution in [0.1, 0.15) is 40.2 Å². The third-order valence-corrected chi connectivity index (χ3v) is 5.57. The molecule has 6 heteroatoms. The minimum atomic E-state index is -0.579. The van der Waals surface area contributed by atoms with Crippen LogP contribution >= 0.6 is 0 Å². The fourth-order valence-electron chi connectivity index (χ4n) is 3.84. The first-order valence-corrected chi connectivity index (χ1v) is 10.2. The van der Waals surface area contributed by atoms with Crippen molar-refractivity contribution in [1.29, 1.82) is 0 Å². The SMILES string of the molecule is Nc1ncc(C2CCNCC2)cc1-c1ccc(C(=O)NCc2ccccc2)c(F)c1.